The van der Waals surface area contributed by atoms with Crippen molar-refractivity contribution in [3.05, 3.63) is 168 Å². The lowest BCUT2D eigenvalue weighted by atomic mass is 10.1. The number of aryl methyl sites for hydroxylation is 1. The minimum absolute atomic E-state index is 0.592. The summed E-state index contributed by atoms with van der Waals surface area (Å²) in [6, 6.07) is 53.5. The van der Waals surface area contributed by atoms with Gasteiger partial charge in [0.2, 0.25) is 0 Å². The van der Waals surface area contributed by atoms with Crippen molar-refractivity contribution in [1.29, 1.82) is 0 Å². The van der Waals surface area contributed by atoms with Gasteiger partial charge in [-0.05, 0) is 86.4 Å². The minimum atomic E-state index is 0.592. The third-order valence-electron chi connectivity index (χ3n) is 10.0. The van der Waals surface area contributed by atoms with E-state index in [0.717, 1.165) is 65.3 Å². The number of nitrogens with zero attached hydrogens (tertiary/aromatic N) is 5. The topological polar surface area (TPSA) is 47.5 Å². The summed E-state index contributed by atoms with van der Waals surface area (Å²) in [4.78, 5) is 15.8. The molecular formula is C46H31N5S. The maximum absolute atomic E-state index is 5.21. The molecule has 0 amide bonds. The van der Waals surface area contributed by atoms with E-state index in [2.05, 4.69) is 173 Å². The molecule has 0 spiro atoms. The third kappa shape index (κ3) is 4.72. The summed E-state index contributed by atoms with van der Waals surface area (Å²) in [6.07, 6.45) is 1.98. The van der Waals surface area contributed by atoms with E-state index in [0.29, 0.717) is 5.84 Å². The van der Waals surface area contributed by atoms with E-state index < -0.39 is 0 Å². The largest absolute Gasteiger partial charge is 0.309 e. The van der Waals surface area contributed by atoms with Crippen LogP contribution in [0.3, 0.4) is 0 Å². The molecule has 6 aromatic carbocycles. The molecule has 10 aromatic rings. The highest BCUT2D eigenvalue weighted by Gasteiger charge is 2.18. The van der Waals surface area contributed by atoms with E-state index in [1.165, 1.54) is 27.2 Å². The molecule has 0 saturated carbocycles. The molecular weight excluding hydrogens is 655 g/mol. The van der Waals surface area contributed by atoms with Crippen LogP contribution in [-0.2, 0) is 0 Å². The molecule has 0 radical (unpaired) electrons. The summed E-state index contributed by atoms with van der Waals surface area (Å²) < 4.78 is 5.74. The zero-order valence-corrected chi connectivity index (χ0v) is 29.2. The number of para-hydroxylation sites is 4. The van der Waals surface area contributed by atoms with E-state index >= 15 is 0 Å². The van der Waals surface area contributed by atoms with Crippen LogP contribution in [0.1, 0.15) is 10.4 Å². The summed E-state index contributed by atoms with van der Waals surface area (Å²) in [5.74, 6) is 0.592. The van der Waals surface area contributed by atoms with Gasteiger partial charge in [0.15, 0.2) is 5.84 Å². The molecule has 0 fully saturated rings. The number of aliphatic imine (C=N–C) groups is 2. The van der Waals surface area contributed by atoms with Crippen LogP contribution in [0, 0.1) is 6.92 Å². The van der Waals surface area contributed by atoms with Gasteiger partial charge in [-0.2, -0.15) is 0 Å². The van der Waals surface area contributed by atoms with Crippen LogP contribution >= 0.6 is 11.3 Å². The second-order valence-corrected chi connectivity index (χ2v) is 14.3. The molecule has 0 aliphatic rings. The van der Waals surface area contributed by atoms with Crippen molar-refractivity contribution in [3.8, 4) is 22.6 Å². The van der Waals surface area contributed by atoms with Crippen molar-refractivity contribution in [2.24, 2.45) is 9.98 Å². The second kappa shape index (κ2) is 12.0. The second-order valence-electron chi connectivity index (χ2n) is 13.0. The first-order valence-corrected chi connectivity index (χ1v) is 18.1. The van der Waals surface area contributed by atoms with E-state index in [1.807, 2.05) is 12.3 Å². The van der Waals surface area contributed by atoms with Crippen molar-refractivity contribution in [3.63, 3.8) is 0 Å². The Morgan fingerprint density at radius 1 is 0.577 bits per heavy atom. The smallest absolute Gasteiger partial charge is 0.159 e. The molecule has 246 valence electrons. The Bertz CT molecular complexity index is 3040. The fourth-order valence-electron chi connectivity index (χ4n) is 7.66. The predicted molar refractivity (Wildman–Crippen MR) is 221 cm³/mol. The Balaban J connectivity index is 1.09. The molecule has 4 aromatic heterocycles. The van der Waals surface area contributed by atoms with E-state index in [4.69, 9.17) is 9.98 Å². The van der Waals surface area contributed by atoms with Crippen molar-refractivity contribution < 1.29 is 0 Å². The molecule has 0 aliphatic heterocycles. The van der Waals surface area contributed by atoms with Gasteiger partial charge in [-0.25, -0.2) is 9.98 Å². The first kappa shape index (κ1) is 30.2. The van der Waals surface area contributed by atoms with Gasteiger partial charge in [0.1, 0.15) is 0 Å². The average molecular weight is 686 g/mol. The van der Waals surface area contributed by atoms with E-state index in [-0.39, 0.29) is 0 Å². The van der Waals surface area contributed by atoms with Gasteiger partial charge in [-0.15, -0.1) is 11.3 Å². The van der Waals surface area contributed by atoms with Crippen LogP contribution in [0.5, 0.6) is 0 Å². The molecule has 0 unspecified atom stereocenters. The zero-order chi connectivity index (χ0) is 34.8. The Morgan fingerprint density at radius 3 is 1.77 bits per heavy atom. The molecule has 0 aliphatic carbocycles. The monoisotopic (exact) mass is 685 g/mol. The molecule has 52 heavy (non-hydrogen) atoms. The lowest BCUT2D eigenvalue weighted by Gasteiger charge is -2.08. The van der Waals surface area contributed by atoms with Gasteiger partial charge in [0, 0.05) is 60.5 Å². The lowest BCUT2D eigenvalue weighted by Crippen LogP contribution is -1.97. The summed E-state index contributed by atoms with van der Waals surface area (Å²) >= 11 is 1.70. The fraction of sp³-hybridized carbons (Fsp3) is 0.0217. The Hall–Kier alpha value is -6.63. The van der Waals surface area contributed by atoms with Gasteiger partial charge >= 0.3 is 0 Å². The molecule has 0 saturated heterocycles. The highest BCUT2D eigenvalue weighted by molar-refractivity contribution is 7.19. The molecule has 0 N–H and O–H groups in total. The van der Waals surface area contributed by atoms with Crippen molar-refractivity contribution in [2.45, 2.75) is 6.92 Å². The molecule has 4 heterocycles. The SMILES string of the molecule is C=N/C(=N\c1c(C)sc2cnc(-c3ccc4c(c3)c3ccccc3n4-c3ccccc3)cc12)c1ccc2c(c1)c1ccccc1n2-c1ccccc1. The predicted octanol–water partition coefficient (Wildman–Crippen LogP) is 12.2. The van der Waals surface area contributed by atoms with Crippen LogP contribution in [0.4, 0.5) is 5.69 Å². The van der Waals surface area contributed by atoms with Crippen LogP contribution in [0.25, 0.3) is 76.3 Å². The molecule has 0 bridgehead atoms. The summed E-state index contributed by atoms with van der Waals surface area (Å²) in [6.45, 7) is 6.08. The number of hydrogen-bond acceptors (Lipinski definition) is 3. The van der Waals surface area contributed by atoms with E-state index in [9.17, 15) is 0 Å². The maximum Gasteiger partial charge on any atom is 0.159 e. The summed E-state index contributed by atoms with van der Waals surface area (Å²) in [5.41, 5.74) is 10.7. The van der Waals surface area contributed by atoms with Crippen LogP contribution in [0.2, 0.25) is 0 Å². The molecule has 5 nitrogen and oxygen atoms in total. The van der Waals surface area contributed by atoms with Crippen LogP contribution in [-0.4, -0.2) is 26.7 Å². The number of benzene rings is 6. The van der Waals surface area contributed by atoms with Gasteiger partial charge in [0.25, 0.3) is 0 Å². The van der Waals surface area contributed by atoms with Gasteiger partial charge in [-0.1, -0.05) is 78.9 Å². The third-order valence-corrected chi connectivity index (χ3v) is 11.1. The van der Waals surface area contributed by atoms with Crippen molar-refractivity contribution in [1.82, 2.24) is 14.1 Å². The fourth-order valence-corrected chi connectivity index (χ4v) is 8.61. The molecule has 10 rings (SSSR count). The number of aromatic nitrogens is 3. The maximum atomic E-state index is 5.21. The van der Waals surface area contributed by atoms with Gasteiger partial charge < -0.3 is 9.13 Å². The Morgan fingerprint density at radius 2 is 1.13 bits per heavy atom. The van der Waals surface area contributed by atoms with Crippen LogP contribution in [0.15, 0.2) is 168 Å². The number of hydrogen-bond donors (Lipinski definition) is 0. The summed E-state index contributed by atoms with van der Waals surface area (Å²) in [7, 11) is 0. The normalized spacial score (nSPS) is 12.1. The number of amidine groups is 1. The number of rotatable bonds is 5. The lowest BCUT2D eigenvalue weighted by molar-refractivity contribution is 1.18. The quantitative estimate of drug-likeness (QED) is 0.131. The standard InChI is InChI=1S/C46H31N5S/c1-29-45(49-46(47-2)31-22-24-43-37(26-31)35-18-10-12-20-41(35)51(43)33-15-7-4-8-16-33)38-27-39(48-28-44(38)52-29)30-21-23-42-36(25-30)34-17-9-11-19-40(34)50(42)32-13-5-3-6-14-32/h3-28H,2H2,1H3/b49-46-. The van der Waals surface area contributed by atoms with Gasteiger partial charge in [-0.3, -0.25) is 4.98 Å². The highest BCUT2D eigenvalue weighted by atomic mass is 32.1. The first-order chi connectivity index (χ1) is 25.7. The van der Waals surface area contributed by atoms with Gasteiger partial charge in [0.05, 0.1) is 38.1 Å². The van der Waals surface area contributed by atoms with Crippen molar-refractivity contribution >= 4 is 83.3 Å². The first-order valence-electron chi connectivity index (χ1n) is 17.3. The Labute approximate surface area is 304 Å². The number of fused-ring (bicyclic) bond motifs is 7. The molecule has 6 heteroatoms. The van der Waals surface area contributed by atoms with Crippen LogP contribution < -0.4 is 0 Å². The number of pyridine rings is 1. The Kier molecular flexibility index (Phi) is 6.98. The zero-order valence-electron chi connectivity index (χ0n) is 28.4. The summed E-state index contributed by atoms with van der Waals surface area (Å²) in [5, 5.41) is 5.80. The van der Waals surface area contributed by atoms with E-state index in [1.54, 1.807) is 11.3 Å². The number of thiophene rings is 1. The minimum Gasteiger partial charge on any atom is -0.309 e. The molecule has 0 atom stereocenters. The van der Waals surface area contributed by atoms with Crippen molar-refractivity contribution in [2.75, 3.05) is 0 Å². The highest BCUT2D eigenvalue weighted by Crippen LogP contribution is 2.41. The average Bonchev–Trinajstić information content (AvgIpc) is 3.83.